The zero-order valence-electron chi connectivity index (χ0n) is 14.9. The number of benzene rings is 1. The van der Waals surface area contributed by atoms with Crippen molar-refractivity contribution in [2.45, 2.75) is 25.7 Å². The Bertz CT molecular complexity index is 759. The highest BCUT2D eigenvalue weighted by molar-refractivity contribution is 5.76. The molecule has 26 heavy (non-hydrogen) atoms. The number of likely N-dealkylation sites (tertiary alicyclic amines) is 1. The summed E-state index contributed by atoms with van der Waals surface area (Å²) in [4.78, 5) is 14.6. The van der Waals surface area contributed by atoms with Gasteiger partial charge in [-0.25, -0.2) is 4.39 Å². The van der Waals surface area contributed by atoms with Crippen molar-refractivity contribution >= 4 is 5.91 Å². The molecular formula is C21H25FN2O2. The number of carbonyl (C=O) groups is 1. The average molecular weight is 356 g/mol. The third-order valence-electron chi connectivity index (χ3n) is 5.76. The highest BCUT2D eigenvalue weighted by Crippen LogP contribution is 2.28. The Morgan fingerprint density at radius 1 is 1.12 bits per heavy atom. The fraction of sp³-hybridized carbons (Fsp3) is 0.476. The lowest BCUT2D eigenvalue weighted by Crippen LogP contribution is -2.32. The van der Waals surface area contributed by atoms with Gasteiger partial charge in [-0.05, 0) is 62.0 Å². The van der Waals surface area contributed by atoms with Crippen LogP contribution in [0, 0.1) is 17.7 Å². The molecule has 1 amide bonds. The molecule has 0 radical (unpaired) electrons. The van der Waals surface area contributed by atoms with Gasteiger partial charge in [-0.15, -0.1) is 0 Å². The maximum atomic E-state index is 13.9. The number of nitrogens with one attached hydrogen (secondary N) is 1. The van der Waals surface area contributed by atoms with Crippen LogP contribution in [-0.4, -0.2) is 37.0 Å². The molecule has 2 aliphatic heterocycles. The fourth-order valence-corrected chi connectivity index (χ4v) is 4.17. The summed E-state index contributed by atoms with van der Waals surface area (Å²) in [6.45, 7) is 3.91. The van der Waals surface area contributed by atoms with Gasteiger partial charge >= 0.3 is 0 Å². The minimum Gasteiger partial charge on any atom is -0.461 e. The average Bonchev–Trinajstić information content (AvgIpc) is 3.26. The van der Waals surface area contributed by atoms with E-state index in [1.807, 2.05) is 11.0 Å². The van der Waals surface area contributed by atoms with E-state index in [2.05, 4.69) is 5.32 Å². The van der Waals surface area contributed by atoms with Crippen LogP contribution in [0.1, 0.15) is 25.0 Å². The molecule has 0 unspecified atom stereocenters. The van der Waals surface area contributed by atoms with Gasteiger partial charge in [-0.3, -0.25) is 4.79 Å². The number of fused-ring (bicyclic) bond motifs is 1. The zero-order chi connectivity index (χ0) is 17.9. The number of hydrogen-bond donors (Lipinski definition) is 1. The third kappa shape index (κ3) is 3.68. The van der Waals surface area contributed by atoms with E-state index < -0.39 is 0 Å². The molecule has 2 atom stereocenters. The SMILES string of the molecule is O=C(CCc1ccc(-c2ccccc2F)o1)N1CC[C@@H]2CNC[C@@H]2CC1. The van der Waals surface area contributed by atoms with E-state index in [0.29, 0.717) is 24.2 Å². The first-order chi connectivity index (χ1) is 12.7. The largest absolute Gasteiger partial charge is 0.461 e. The van der Waals surface area contributed by atoms with E-state index in [4.69, 9.17) is 4.42 Å². The summed E-state index contributed by atoms with van der Waals surface area (Å²) in [5, 5.41) is 3.46. The predicted octanol–water partition coefficient (Wildman–Crippen LogP) is 3.48. The molecule has 2 fully saturated rings. The summed E-state index contributed by atoms with van der Waals surface area (Å²) in [6.07, 6.45) is 3.19. The van der Waals surface area contributed by atoms with Crippen LogP contribution >= 0.6 is 0 Å². The molecule has 138 valence electrons. The highest BCUT2D eigenvalue weighted by Gasteiger charge is 2.31. The van der Waals surface area contributed by atoms with Gasteiger partial charge < -0.3 is 14.6 Å². The van der Waals surface area contributed by atoms with Crippen molar-refractivity contribution in [1.29, 1.82) is 0 Å². The van der Waals surface area contributed by atoms with E-state index in [-0.39, 0.29) is 11.7 Å². The quantitative estimate of drug-likeness (QED) is 0.912. The van der Waals surface area contributed by atoms with Crippen LogP contribution in [0.5, 0.6) is 0 Å². The van der Waals surface area contributed by atoms with Crippen LogP contribution in [0.3, 0.4) is 0 Å². The van der Waals surface area contributed by atoms with Gasteiger partial charge in [0.15, 0.2) is 0 Å². The van der Waals surface area contributed by atoms with E-state index in [1.165, 1.54) is 6.07 Å². The lowest BCUT2D eigenvalue weighted by atomic mass is 9.92. The number of furan rings is 1. The van der Waals surface area contributed by atoms with Gasteiger partial charge in [0.25, 0.3) is 0 Å². The second-order valence-electron chi connectivity index (χ2n) is 7.38. The standard InChI is InChI=1S/C21H25FN2O2/c22-19-4-2-1-3-18(19)20-7-5-17(26-20)6-8-21(25)24-11-9-15-13-23-14-16(15)10-12-24/h1-5,7,15-16,23H,6,8-14H2/t15-,16+. The predicted molar refractivity (Wildman–Crippen MR) is 98.1 cm³/mol. The van der Waals surface area contributed by atoms with Crippen LogP contribution in [0.4, 0.5) is 4.39 Å². The normalized spacial score (nSPS) is 22.9. The molecule has 3 heterocycles. The molecule has 5 heteroatoms. The third-order valence-corrected chi connectivity index (χ3v) is 5.76. The zero-order valence-corrected chi connectivity index (χ0v) is 14.9. The molecule has 1 aromatic carbocycles. The van der Waals surface area contributed by atoms with Gasteiger partial charge in [0.2, 0.25) is 5.91 Å². The summed E-state index contributed by atoms with van der Waals surface area (Å²) in [6, 6.07) is 10.2. The first-order valence-electron chi connectivity index (χ1n) is 9.53. The molecule has 4 nitrogen and oxygen atoms in total. The molecule has 0 aliphatic carbocycles. The first kappa shape index (κ1) is 17.3. The van der Waals surface area contributed by atoms with Gasteiger partial charge in [0, 0.05) is 25.9 Å². The summed E-state index contributed by atoms with van der Waals surface area (Å²) in [5.41, 5.74) is 0.456. The van der Waals surface area contributed by atoms with Gasteiger partial charge in [-0.1, -0.05) is 12.1 Å². The Morgan fingerprint density at radius 2 is 1.85 bits per heavy atom. The van der Waals surface area contributed by atoms with Crippen LogP contribution in [0.25, 0.3) is 11.3 Å². The van der Waals surface area contributed by atoms with Gasteiger partial charge in [-0.2, -0.15) is 0 Å². The monoisotopic (exact) mass is 356 g/mol. The van der Waals surface area contributed by atoms with E-state index in [0.717, 1.165) is 56.6 Å². The van der Waals surface area contributed by atoms with Crippen molar-refractivity contribution in [2.75, 3.05) is 26.2 Å². The van der Waals surface area contributed by atoms with Crippen LogP contribution < -0.4 is 5.32 Å². The van der Waals surface area contributed by atoms with Crippen LogP contribution in [-0.2, 0) is 11.2 Å². The van der Waals surface area contributed by atoms with Crippen LogP contribution in [0.2, 0.25) is 0 Å². The Balaban J connectivity index is 1.33. The molecular weight excluding hydrogens is 331 g/mol. The molecule has 2 aromatic rings. The smallest absolute Gasteiger partial charge is 0.223 e. The van der Waals surface area contributed by atoms with Crippen molar-refractivity contribution < 1.29 is 13.6 Å². The fourth-order valence-electron chi connectivity index (χ4n) is 4.17. The number of rotatable bonds is 4. The summed E-state index contributed by atoms with van der Waals surface area (Å²) < 4.78 is 19.6. The summed E-state index contributed by atoms with van der Waals surface area (Å²) in [7, 11) is 0. The maximum absolute atomic E-state index is 13.9. The highest BCUT2D eigenvalue weighted by atomic mass is 19.1. The van der Waals surface area contributed by atoms with Crippen molar-refractivity contribution in [3.05, 3.63) is 48.0 Å². The number of amides is 1. The maximum Gasteiger partial charge on any atom is 0.223 e. The molecule has 0 saturated carbocycles. The number of nitrogens with zero attached hydrogens (tertiary/aromatic N) is 1. The molecule has 0 bridgehead atoms. The molecule has 1 aromatic heterocycles. The number of carbonyl (C=O) groups excluding carboxylic acids is 1. The first-order valence-corrected chi connectivity index (χ1v) is 9.53. The van der Waals surface area contributed by atoms with Crippen LogP contribution in [0.15, 0.2) is 40.8 Å². The topological polar surface area (TPSA) is 45.5 Å². The number of hydrogen-bond acceptors (Lipinski definition) is 3. The minimum atomic E-state index is -0.297. The lowest BCUT2D eigenvalue weighted by Gasteiger charge is -2.20. The Kier molecular flexibility index (Phi) is 5.07. The Morgan fingerprint density at radius 3 is 2.58 bits per heavy atom. The van der Waals surface area contributed by atoms with E-state index in [1.54, 1.807) is 24.3 Å². The molecule has 2 saturated heterocycles. The Labute approximate surface area is 153 Å². The summed E-state index contributed by atoms with van der Waals surface area (Å²) in [5.74, 6) is 2.59. The minimum absolute atomic E-state index is 0.196. The van der Waals surface area contributed by atoms with Crippen molar-refractivity contribution in [1.82, 2.24) is 10.2 Å². The van der Waals surface area contributed by atoms with Gasteiger partial charge in [0.05, 0.1) is 5.56 Å². The van der Waals surface area contributed by atoms with Crippen molar-refractivity contribution in [3.8, 4) is 11.3 Å². The van der Waals surface area contributed by atoms with E-state index >= 15 is 0 Å². The van der Waals surface area contributed by atoms with Gasteiger partial charge in [0.1, 0.15) is 17.3 Å². The molecule has 1 N–H and O–H groups in total. The van der Waals surface area contributed by atoms with Crippen molar-refractivity contribution in [3.63, 3.8) is 0 Å². The second-order valence-corrected chi connectivity index (χ2v) is 7.38. The second kappa shape index (κ2) is 7.62. The summed E-state index contributed by atoms with van der Waals surface area (Å²) >= 11 is 0. The number of halogens is 1. The molecule has 0 spiro atoms. The molecule has 2 aliphatic rings. The number of aryl methyl sites for hydroxylation is 1. The Hall–Kier alpha value is -2.14. The lowest BCUT2D eigenvalue weighted by molar-refractivity contribution is -0.131. The molecule has 4 rings (SSSR count). The van der Waals surface area contributed by atoms with Crippen molar-refractivity contribution in [2.24, 2.45) is 11.8 Å². The van der Waals surface area contributed by atoms with E-state index in [9.17, 15) is 9.18 Å².